The second kappa shape index (κ2) is 6.65. The third kappa shape index (κ3) is 4.30. The lowest BCUT2D eigenvalue weighted by Crippen LogP contribution is -2.34. The Kier molecular flexibility index (Phi) is 5.46. The molecule has 0 aliphatic heterocycles. The molecule has 0 bridgehead atoms. The fourth-order valence-corrected chi connectivity index (χ4v) is 2.40. The third-order valence-corrected chi connectivity index (χ3v) is 3.64. The van der Waals surface area contributed by atoms with Crippen molar-refractivity contribution in [1.82, 2.24) is 5.32 Å². The quantitative estimate of drug-likeness (QED) is 0.768. The molecule has 0 fully saturated rings. The van der Waals surface area contributed by atoms with Crippen LogP contribution in [0, 0.1) is 0 Å². The average molecular weight is 287 g/mol. The van der Waals surface area contributed by atoms with Crippen LogP contribution < -0.4 is 5.32 Å². The Morgan fingerprint density at radius 2 is 1.84 bits per heavy atom. The van der Waals surface area contributed by atoms with E-state index in [1.807, 2.05) is 0 Å². The summed E-state index contributed by atoms with van der Waals surface area (Å²) in [4.78, 5) is 12.0. The fourth-order valence-electron chi connectivity index (χ4n) is 1.51. The Morgan fingerprint density at radius 1 is 1.26 bits per heavy atom. The van der Waals surface area contributed by atoms with Crippen LogP contribution in [0.3, 0.4) is 0 Å². The number of ether oxygens (including phenoxy) is 2. The van der Waals surface area contributed by atoms with Crippen LogP contribution in [0.5, 0.6) is 0 Å². The smallest absolute Gasteiger partial charge is 0.252 e. The van der Waals surface area contributed by atoms with E-state index in [2.05, 4.69) is 5.32 Å². The molecule has 1 rings (SSSR count). The van der Waals surface area contributed by atoms with Gasteiger partial charge in [0.1, 0.15) is 0 Å². The molecule has 0 aromatic heterocycles. The molecular weight excluding hydrogens is 270 g/mol. The van der Waals surface area contributed by atoms with Crippen molar-refractivity contribution in [2.75, 3.05) is 27.0 Å². The molecule has 1 N–H and O–H groups in total. The van der Waals surface area contributed by atoms with Gasteiger partial charge in [0.25, 0.3) is 5.91 Å². The van der Waals surface area contributed by atoms with Crippen LogP contribution >= 0.6 is 0 Å². The molecular formula is C12H17NO5S. The molecule has 0 unspecified atom stereocenters. The van der Waals surface area contributed by atoms with Gasteiger partial charge in [0.2, 0.25) is 0 Å². The Hall–Kier alpha value is -1.44. The standard InChI is InChI=1S/C12H17NO5S/c1-17-11(18-2)8-13-12(14)9-6-4-5-7-10(9)19(3,15)16/h4-7,11H,8H2,1-3H3,(H,13,14). The number of hydrogen-bond acceptors (Lipinski definition) is 5. The lowest BCUT2D eigenvalue weighted by atomic mass is 10.2. The Balaban J connectivity index is 2.89. The lowest BCUT2D eigenvalue weighted by molar-refractivity contribution is -0.0974. The summed E-state index contributed by atoms with van der Waals surface area (Å²) in [5.41, 5.74) is 0.107. The summed E-state index contributed by atoms with van der Waals surface area (Å²) in [6.07, 6.45) is 0.487. The van der Waals surface area contributed by atoms with Crippen LogP contribution in [0.25, 0.3) is 0 Å². The predicted molar refractivity (Wildman–Crippen MR) is 69.7 cm³/mol. The van der Waals surface area contributed by atoms with E-state index in [1.54, 1.807) is 12.1 Å². The van der Waals surface area contributed by atoms with Gasteiger partial charge in [-0.2, -0.15) is 0 Å². The number of sulfone groups is 1. The Bertz CT molecular complexity index is 537. The number of rotatable bonds is 6. The fraction of sp³-hybridized carbons (Fsp3) is 0.417. The molecule has 0 aliphatic carbocycles. The summed E-state index contributed by atoms with van der Waals surface area (Å²) in [6, 6.07) is 6.03. The van der Waals surface area contributed by atoms with Crippen LogP contribution in [0.15, 0.2) is 29.2 Å². The maximum absolute atomic E-state index is 12.0. The highest BCUT2D eigenvalue weighted by Crippen LogP contribution is 2.14. The first-order valence-electron chi connectivity index (χ1n) is 5.53. The summed E-state index contributed by atoms with van der Waals surface area (Å²) in [7, 11) is -0.553. The summed E-state index contributed by atoms with van der Waals surface area (Å²) in [5.74, 6) is -0.486. The van der Waals surface area contributed by atoms with Gasteiger partial charge in [0.05, 0.1) is 17.0 Å². The molecule has 0 aliphatic rings. The van der Waals surface area contributed by atoms with E-state index in [0.717, 1.165) is 6.26 Å². The maximum Gasteiger partial charge on any atom is 0.252 e. The minimum atomic E-state index is -3.45. The van der Waals surface area contributed by atoms with E-state index in [0.29, 0.717) is 0 Å². The zero-order valence-corrected chi connectivity index (χ0v) is 11.9. The molecule has 0 spiro atoms. The summed E-state index contributed by atoms with van der Waals surface area (Å²) in [5, 5.41) is 2.56. The van der Waals surface area contributed by atoms with Crippen LogP contribution in [-0.2, 0) is 19.3 Å². The first-order valence-corrected chi connectivity index (χ1v) is 7.42. The van der Waals surface area contributed by atoms with Crippen molar-refractivity contribution in [3.63, 3.8) is 0 Å². The van der Waals surface area contributed by atoms with Gasteiger partial charge in [-0.05, 0) is 12.1 Å². The van der Waals surface area contributed by atoms with E-state index >= 15 is 0 Å². The largest absolute Gasteiger partial charge is 0.354 e. The number of hydrogen-bond donors (Lipinski definition) is 1. The zero-order valence-electron chi connectivity index (χ0n) is 11.0. The van der Waals surface area contributed by atoms with Crippen molar-refractivity contribution in [2.45, 2.75) is 11.2 Å². The van der Waals surface area contributed by atoms with E-state index in [4.69, 9.17) is 9.47 Å². The molecule has 0 saturated heterocycles. The van der Waals surface area contributed by atoms with Crippen molar-refractivity contribution in [3.8, 4) is 0 Å². The molecule has 0 saturated carbocycles. The molecule has 1 aromatic carbocycles. The van der Waals surface area contributed by atoms with E-state index in [9.17, 15) is 13.2 Å². The number of carbonyl (C=O) groups is 1. The number of nitrogens with one attached hydrogen (secondary N) is 1. The predicted octanol–water partition coefficient (Wildman–Crippen LogP) is 0.439. The van der Waals surface area contributed by atoms with Gasteiger partial charge in [-0.1, -0.05) is 12.1 Å². The van der Waals surface area contributed by atoms with E-state index in [-0.39, 0.29) is 17.0 Å². The highest BCUT2D eigenvalue weighted by atomic mass is 32.2. The van der Waals surface area contributed by atoms with Gasteiger partial charge in [0, 0.05) is 20.5 Å². The first kappa shape index (κ1) is 15.6. The molecule has 0 atom stereocenters. The van der Waals surface area contributed by atoms with Crippen LogP contribution in [0.4, 0.5) is 0 Å². The zero-order chi connectivity index (χ0) is 14.5. The molecule has 106 valence electrons. The SMILES string of the molecule is COC(CNC(=O)c1ccccc1S(C)(=O)=O)OC. The van der Waals surface area contributed by atoms with Crippen LogP contribution in [0.2, 0.25) is 0 Å². The van der Waals surface area contributed by atoms with Crippen molar-refractivity contribution < 1.29 is 22.7 Å². The minimum Gasteiger partial charge on any atom is -0.354 e. The maximum atomic E-state index is 12.0. The van der Waals surface area contributed by atoms with E-state index < -0.39 is 22.0 Å². The summed E-state index contributed by atoms with van der Waals surface area (Å²) >= 11 is 0. The van der Waals surface area contributed by atoms with Gasteiger partial charge in [0.15, 0.2) is 16.1 Å². The molecule has 1 amide bonds. The molecule has 6 nitrogen and oxygen atoms in total. The highest BCUT2D eigenvalue weighted by molar-refractivity contribution is 7.90. The van der Waals surface area contributed by atoms with Gasteiger partial charge >= 0.3 is 0 Å². The van der Waals surface area contributed by atoms with Crippen molar-refractivity contribution in [3.05, 3.63) is 29.8 Å². The Labute approximate surface area is 112 Å². The second-order valence-electron chi connectivity index (χ2n) is 3.88. The Morgan fingerprint density at radius 3 is 2.37 bits per heavy atom. The summed E-state index contributed by atoms with van der Waals surface area (Å²) in [6.45, 7) is 0.129. The highest BCUT2D eigenvalue weighted by Gasteiger charge is 2.18. The first-order chi connectivity index (χ1) is 8.90. The molecule has 0 heterocycles. The monoisotopic (exact) mass is 287 g/mol. The molecule has 19 heavy (non-hydrogen) atoms. The van der Waals surface area contributed by atoms with E-state index in [1.165, 1.54) is 26.4 Å². The summed E-state index contributed by atoms with van der Waals surface area (Å²) < 4.78 is 33.0. The number of carbonyl (C=O) groups excluding carboxylic acids is 1. The van der Waals surface area contributed by atoms with Gasteiger partial charge < -0.3 is 14.8 Å². The number of benzene rings is 1. The third-order valence-electron chi connectivity index (χ3n) is 2.49. The van der Waals surface area contributed by atoms with Crippen molar-refractivity contribution >= 4 is 15.7 Å². The average Bonchev–Trinajstić information content (AvgIpc) is 2.38. The van der Waals surface area contributed by atoms with Crippen molar-refractivity contribution in [1.29, 1.82) is 0 Å². The minimum absolute atomic E-state index is 0.00103. The van der Waals surface area contributed by atoms with Gasteiger partial charge in [-0.25, -0.2) is 8.42 Å². The van der Waals surface area contributed by atoms with Crippen LogP contribution in [0.1, 0.15) is 10.4 Å². The number of methoxy groups -OCH3 is 2. The van der Waals surface area contributed by atoms with Gasteiger partial charge in [-0.15, -0.1) is 0 Å². The lowest BCUT2D eigenvalue weighted by Gasteiger charge is -2.14. The normalized spacial score (nSPS) is 11.6. The topological polar surface area (TPSA) is 81.7 Å². The van der Waals surface area contributed by atoms with Crippen LogP contribution in [-0.4, -0.2) is 47.6 Å². The molecule has 7 heteroatoms. The molecule has 1 aromatic rings. The second-order valence-corrected chi connectivity index (χ2v) is 5.86. The van der Waals surface area contributed by atoms with Gasteiger partial charge in [-0.3, -0.25) is 4.79 Å². The number of amides is 1. The van der Waals surface area contributed by atoms with Crippen molar-refractivity contribution in [2.24, 2.45) is 0 Å². The molecule has 0 radical (unpaired) electrons.